The van der Waals surface area contributed by atoms with Gasteiger partial charge in [-0.25, -0.2) is 4.39 Å². The number of aliphatic carboxylic acids is 1. The van der Waals surface area contributed by atoms with E-state index in [-0.39, 0.29) is 18.4 Å². The first-order chi connectivity index (χ1) is 7.63. The van der Waals surface area contributed by atoms with Gasteiger partial charge in [0.1, 0.15) is 12.2 Å². The van der Waals surface area contributed by atoms with E-state index in [9.17, 15) is 9.18 Å². The summed E-state index contributed by atoms with van der Waals surface area (Å²) in [5, 5.41) is 16.8. The quantitative estimate of drug-likeness (QED) is 0.767. The molecule has 1 aromatic rings. The number of hydrogen-bond acceptors (Lipinski definition) is 2. The molecule has 0 saturated heterocycles. The average molecular weight is 217 g/mol. The molecule has 0 atom stereocenters. The number of hydrogen-bond donors (Lipinski definition) is 1. The molecular formula is C12H8FNO2. The van der Waals surface area contributed by atoms with Crippen LogP contribution in [0.2, 0.25) is 0 Å². The normalized spacial score (nSPS) is 8.75. The van der Waals surface area contributed by atoms with Crippen molar-refractivity contribution < 1.29 is 14.3 Å². The van der Waals surface area contributed by atoms with Crippen molar-refractivity contribution in [1.82, 2.24) is 0 Å². The lowest BCUT2D eigenvalue weighted by Gasteiger charge is -1.97. The highest BCUT2D eigenvalue weighted by atomic mass is 19.1. The molecule has 0 aromatic heterocycles. The molecule has 0 unspecified atom stereocenters. The first-order valence-electron chi connectivity index (χ1n) is 4.49. The van der Waals surface area contributed by atoms with Crippen LogP contribution in [0, 0.1) is 29.0 Å². The topological polar surface area (TPSA) is 61.1 Å². The molecule has 0 aliphatic carbocycles. The molecule has 0 aliphatic rings. The minimum atomic E-state index is -1.05. The number of halogens is 1. The number of carboxylic acids is 1. The number of nitrogens with zero attached hydrogens (tertiary/aromatic N) is 1. The summed E-state index contributed by atoms with van der Waals surface area (Å²) < 4.78 is 13.3. The highest BCUT2D eigenvalue weighted by Crippen LogP contribution is 2.09. The molecule has 16 heavy (non-hydrogen) atoms. The van der Waals surface area contributed by atoms with Gasteiger partial charge in [-0.1, -0.05) is 17.9 Å². The van der Waals surface area contributed by atoms with Crippen molar-refractivity contribution in [2.24, 2.45) is 0 Å². The average Bonchev–Trinajstić information content (AvgIpc) is 2.21. The first kappa shape index (κ1) is 11.7. The van der Waals surface area contributed by atoms with Gasteiger partial charge in [-0.05, 0) is 17.7 Å². The van der Waals surface area contributed by atoms with Crippen molar-refractivity contribution >= 4 is 5.97 Å². The smallest absolute Gasteiger partial charge is 0.315 e. The molecule has 4 heteroatoms. The van der Waals surface area contributed by atoms with E-state index in [0.717, 1.165) is 0 Å². The van der Waals surface area contributed by atoms with Crippen molar-refractivity contribution in [2.45, 2.75) is 12.8 Å². The third kappa shape index (κ3) is 3.43. The fourth-order valence-corrected chi connectivity index (χ4v) is 1.08. The van der Waals surface area contributed by atoms with Crippen LogP contribution in [-0.2, 0) is 11.2 Å². The van der Waals surface area contributed by atoms with Crippen LogP contribution in [0.5, 0.6) is 0 Å². The highest BCUT2D eigenvalue weighted by Gasteiger charge is 2.00. The molecule has 80 valence electrons. The van der Waals surface area contributed by atoms with E-state index in [1.54, 1.807) is 6.07 Å². The Morgan fingerprint density at radius 2 is 2.25 bits per heavy atom. The summed E-state index contributed by atoms with van der Waals surface area (Å²) in [6, 6.07) is 6.17. The maximum Gasteiger partial charge on any atom is 0.315 e. The zero-order chi connectivity index (χ0) is 12.0. The van der Waals surface area contributed by atoms with Crippen LogP contribution in [0.15, 0.2) is 18.2 Å². The summed E-state index contributed by atoms with van der Waals surface area (Å²) >= 11 is 0. The van der Waals surface area contributed by atoms with E-state index < -0.39 is 11.8 Å². The van der Waals surface area contributed by atoms with Crippen LogP contribution in [-0.4, -0.2) is 11.1 Å². The van der Waals surface area contributed by atoms with Gasteiger partial charge < -0.3 is 5.11 Å². The summed E-state index contributed by atoms with van der Waals surface area (Å²) in [6.07, 6.45) is -0.181. The second-order valence-electron chi connectivity index (χ2n) is 3.02. The van der Waals surface area contributed by atoms with Crippen molar-refractivity contribution in [3.05, 3.63) is 35.1 Å². The van der Waals surface area contributed by atoms with Gasteiger partial charge in [-0.3, -0.25) is 4.79 Å². The Morgan fingerprint density at radius 3 is 2.81 bits per heavy atom. The Kier molecular flexibility index (Phi) is 4.06. The van der Waals surface area contributed by atoms with Crippen molar-refractivity contribution in [1.29, 1.82) is 5.26 Å². The molecule has 1 aromatic carbocycles. The van der Waals surface area contributed by atoms with Crippen LogP contribution in [0.4, 0.5) is 4.39 Å². The summed E-state index contributed by atoms with van der Waals surface area (Å²) in [6.45, 7) is 0. The largest absolute Gasteiger partial charge is 0.481 e. The second kappa shape index (κ2) is 5.53. The summed E-state index contributed by atoms with van der Waals surface area (Å²) in [7, 11) is 0. The third-order valence-corrected chi connectivity index (χ3v) is 1.78. The fraction of sp³-hybridized carbons (Fsp3) is 0.167. The van der Waals surface area contributed by atoms with Crippen LogP contribution < -0.4 is 0 Å². The maximum absolute atomic E-state index is 13.3. The van der Waals surface area contributed by atoms with Crippen molar-refractivity contribution in [3.63, 3.8) is 0 Å². The molecule has 3 nitrogen and oxygen atoms in total. The van der Waals surface area contributed by atoms with E-state index >= 15 is 0 Å². The molecule has 0 fully saturated rings. The highest BCUT2D eigenvalue weighted by molar-refractivity contribution is 5.70. The lowest BCUT2D eigenvalue weighted by molar-refractivity contribution is -0.135. The van der Waals surface area contributed by atoms with Crippen molar-refractivity contribution in [3.8, 4) is 17.9 Å². The van der Waals surface area contributed by atoms with Gasteiger partial charge in [0, 0.05) is 0 Å². The van der Waals surface area contributed by atoms with Crippen molar-refractivity contribution in [2.75, 3.05) is 0 Å². The Hall–Kier alpha value is -2.33. The summed E-state index contributed by atoms with van der Waals surface area (Å²) in [4.78, 5) is 10.2. The Balaban J connectivity index is 2.86. The van der Waals surface area contributed by atoms with Crippen LogP contribution >= 0.6 is 0 Å². The minimum Gasteiger partial charge on any atom is -0.481 e. The van der Waals surface area contributed by atoms with Crippen LogP contribution in [0.3, 0.4) is 0 Å². The molecule has 1 N–H and O–H groups in total. The lowest BCUT2D eigenvalue weighted by atomic mass is 10.1. The molecule has 0 saturated carbocycles. The van der Waals surface area contributed by atoms with Gasteiger partial charge in [0.2, 0.25) is 0 Å². The molecule has 0 radical (unpaired) electrons. The molecule has 1 rings (SSSR count). The lowest BCUT2D eigenvalue weighted by Crippen LogP contribution is -1.91. The minimum absolute atomic E-state index is 0.139. The molecule has 0 bridgehead atoms. The van der Waals surface area contributed by atoms with E-state index in [1.165, 1.54) is 12.1 Å². The predicted molar refractivity (Wildman–Crippen MR) is 54.8 cm³/mol. The summed E-state index contributed by atoms with van der Waals surface area (Å²) in [5.41, 5.74) is 0.715. The molecular weight excluding hydrogens is 209 g/mol. The van der Waals surface area contributed by atoms with Gasteiger partial charge in [0.05, 0.1) is 18.1 Å². The van der Waals surface area contributed by atoms with Gasteiger partial charge in [-0.2, -0.15) is 5.26 Å². The number of nitriles is 1. The summed E-state index contributed by atoms with van der Waals surface area (Å²) in [5.74, 6) is 3.18. The van der Waals surface area contributed by atoms with Gasteiger partial charge >= 0.3 is 5.97 Å². The zero-order valence-corrected chi connectivity index (χ0v) is 8.33. The monoisotopic (exact) mass is 217 g/mol. The number of benzene rings is 1. The van der Waals surface area contributed by atoms with Gasteiger partial charge in [0.25, 0.3) is 0 Å². The fourth-order valence-electron chi connectivity index (χ4n) is 1.08. The number of carboxylic acid groups (broad SMARTS) is 1. The number of carbonyl (C=O) groups is 1. The zero-order valence-electron chi connectivity index (χ0n) is 8.33. The molecule has 0 aliphatic heterocycles. The van der Waals surface area contributed by atoms with Crippen LogP contribution in [0.1, 0.15) is 17.5 Å². The molecule has 0 amide bonds. The van der Waals surface area contributed by atoms with E-state index in [0.29, 0.717) is 5.56 Å². The van der Waals surface area contributed by atoms with Crippen LogP contribution in [0.25, 0.3) is 0 Å². The van der Waals surface area contributed by atoms with E-state index in [1.807, 2.05) is 6.07 Å². The third-order valence-electron chi connectivity index (χ3n) is 1.78. The number of rotatable bonds is 2. The maximum atomic E-state index is 13.3. The SMILES string of the molecule is N#CCc1ccc(C#CCC(=O)O)c(F)c1. The Morgan fingerprint density at radius 1 is 1.50 bits per heavy atom. The molecule has 0 heterocycles. The Labute approximate surface area is 92.1 Å². The standard InChI is InChI=1S/C12H8FNO2/c13-11-8-9(6-7-14)4-5-10(11)2-1-3-12(15)16/h4-5,8H,3,6H2,(H,15,16). The first-order valence-corrected chi connectivity index (χ1v) is 4.49. The second-order valence-corrected chi connectivity index (χ2v) is 3.02. The van der Waals surface area contributed by atoms with Gasteiger partial charge in [0.15, 0.2) is 0 Å². The van der Waals surface area contributed by atoms with E-state index in [2.05, 4.69) is 11.8 Å². The molecule has 0 spiro atoms. The Bertz CT molecular complexity index is 506. The van der Waals surface area contributed by atoms with E-state index in [4.69, 9.17) is 10.4 Å². The predicted octanol–water partition coefficient (Wildman–Crippen LogP) is 1.72. The van der Waals surface area contributed by atoms with Gasteiger partial charge in [-0.15, -0.1) is 0 Å².